The van der Waals surface area contributed by atoms with Gasteiger partial charge >= 0.3 is 0 Å². The van der Waals surface area contributed by atoms with Crippen molar-refractivity contribution in [3.8, 4) is 0 Å². The number of nitrogens with one attached hydrogen (secondary N) is 1. The van der Waals surface area contributed by atoms with Crippen LogP contribution in [0.2, 0.25) is 0 Å². The molecule has 1 fully saturated rings. The van der Waals surface area contributed by atoms with Crippen LogP contribution in [0.3, 0.4) is 0 Å². The van der Waals surface area contributed by atoms with Crippen LogP contribution in [0.5, 0.6) is 0 Å². The van der Waals surface area contributed by atoms with E-state index < -0.39 is 6.43 Å². The molecule has 2 heterocycles. The fraction of sp³-hybridized carbons (Fsp3) is 0.667. The molecule has 2 nitrogen and oxygen atoms in total. The minimum atomic E-state index is -2.43. The van der Waals surface area contributed by atoms with Crippen molar-refractivity contribution < 1.29 is 8.78 Å². The van der Waals surface area contributed by atoms with Gasteiger partial charge in [0.25, 0.3) is 6.43 Å². The highest BCUT2D eigenvalue weighted by molar-refractivity contribution is 7.09. The van der Waals surface area contributed by atoms with Gasteiger partial charge in [0.2, 0.25) is 0 Å². The molecule has 5 heteroatoms. The first-order valence-corrected chi connectivity index (χ1v) is 5.59. The molecular weight excluding hydrogens is 206 g/mol. The number of halogens is 2. The summed E-state index contributed by atoms with van der Waals surface area (Å²) in [5, 5.41) is 5.57. The number of hydrogen-bond donors (Lipinski definition) is 1. The van der Waals surface area contributed by atoms with Gasteiger partial charge in [0.1, 0.15) is 5.69 Å². The summed E-state index contributed by atoms with van der Waals surface area (Å²) in [4.78, 5) is 3.96. The Kier molecular flexibility index (Phi) is 3.08. The van der Waals surface area contributed by atoms with E-state index in [1.54, 1.807) is 0 Å². The van der Waals surface area contributed by atoms with Gasteiger partial charge in [-0.05, 0) is 19.4 Å². The van der Waals surface area contributed by atoms with E-state index in [4.69, 9.17) is 0 Å². The topological polar surface area (TPSA) is 24.9 Å². The summed E-state index contributed by atoms with van der Waals surface area (Å²) in [5.41, 5.74) is -0.0735. The molecule has 0 aromatic carbocycles. The van der Waals surface area contributed by atoms with Crippen LogP contribution in [0.25, 0.3) is 0 Å². The van der Waals surface area contributed by atoms with Crippen LogP contribution in [0.15, 0.2) is 5.38 Å². The fourth-order valence-corrected chi connectivity index (χ4v) is 2.60. The Hall–Kier alpha value is -0.550. The maximum Gasteiger partial charge on any atom is 0.281 e. The maximum absolute atomic E-state index is 12.3. The van der Waals surface area contributed by atoms with Gasteiger partial charge in [-0.2, -0.15) is 0 Å². The van der Waals surface area contributed by atoms with Crippen molar-refractivity contribution >= 4 is 11.3 Å². The molecule has 1 aliphatic rings. The van der Waals surface area contributed by atoms with Crippen molar-refractivity contribution in [2.75, 3.05) is 13.1 Å². The first-order chi connectivity index (χ1) is 6.77. The minimum absolute atomic E-state index is 0.0735. The molecular formula is C9H12F2N2S. The lowest BCUT2D eigenvalue weighted by atomic mass is 10.0. The molecule has 0 amide bonds. The lowest BCUT2D eigenvalue weighted by Gasteiger charge is -2.20. The van der Waals surface area contributed by atoms with Crippen molar-refractivity contribution in [1.29, 1.82) is 0 Å². The van der Waals surface area contributed by atoms with Gasteiger partial charge in [-0.15, -0.1) is 11.3 Å². The van der Waals surface area contributed by atoms with Crippen LogP contribution in [-0.4, -0.2) is 18.1 Å². The van der Waals surface area contributed by atoms with Gasteiger partial charge in [-0.3, -0.25) is 0 Å². The van der Waals surface area contributed by atoms with E-state index in [9.17, 15) is 8.78 Å². The van der Waals surface area contributed by atoms with Gasteiger partial charge in [0, 0.05) is 17.8 Å². The van der Waals surface area contributed by atoms with Crippen molar-refractivity contribution in [2.45, 2.75) is 25.2 Å². The largest absolute Gasteiger partial charge is 0.316 e. The Balaban J connectivity index is 2.07. The monoisotopic (exact) mass is 218 g/mol. The molecule has 0 bridgehead atoms. The maximum atomic E-state index is 12.3. The number of hydrogen-bond acceptors (Lipinski definition) is 3. The SMILES string of the molecule is FC(F)c1csc(C2CCCNC2)n1. The van der Waals surface area contributed by atoms with Crippen molar-refractivity contribution in [3.05, 3.63) is 16.1 Å². The van der Waals surface area contributed by atoms with E-state index in [0.29, 0.717) is 5.92 Å². The lowest BCUT2D eigenvalue weighted by Crippen LogP contribution is -2.28. The van der Waals surface area contributed by atoms with E-state index in [-0.39, 0.29) is 5.69 Å². The second-order valence-corrected chi connectivity index (χ2v) is 4.34. The summed E-state index contributed by atoms with van der Waals surface area (Å²) in [6.07, 6.45) is -0.270. The normalized spacial score (nSPS) is 22.9. The highest BCUT2D eigenvalue weighted by Gasteiger charge is 2.20. The molecule has 1 aromatic heterocycles. The van der Waals surface area contributed by atoms with Crippen molar-refractivity contribution in [3.63, 3.8) is 0 Å². The first-order valence-electron chi connectivity index (χ1n) is 4.71. The Morgan fingerprint density at radius 1 is 1.57 bits per heavy atom. The third kappa shape index (κ3) is 2.09. The van der Waals surface area contributed by atoms with E-state index in [1.807, 2.05) is 0 Å². The molecule has 0 saturated carbocycles. The van der Waals surface area contributed by atoms with Crippen LogP contribution in [-0.2, 0) is 0 Å². The number of nitrogens with zero attached hydrogens (tertiary/aromatic N) is 1. The molecule has 1 aromatic rings. The zero-order valence-corrected chi connectivity index (χ0v) is 8.49. The molecule has 0 aliphatic carbocycles. The summed E-state index contributed by atoms with van der Waals surface area (Å²) in [6, 6.07) is 0. The summed E-state index contributed by atoms with van der Waals surface area (Å²) < 4.78 is 24.6. The molecule has 78 valence electrons. The molecule has 0 radical (unpaired) electrons. The number of rotatable bonds is 2. The average molecular weight is 218 g/mol. The summed E-state index contributed by atoms with van der Waals surface area (Å²) in [5.74, 6) is 0.334. The number of aromatic nitrogens is 1. The molecule has 1 atom stereocenters. The second kappa shape index (κ2) is 4.31. The third-order valence-corrected chi connectivity index (χ3v) is 3.43. The third-order valence-electron chi connectivity index (χ3n) is 2.41. The van der Waals surface area contributed by atoms with Gasteiger partial charge in [-0.25, -0.2) is 13.8 Å². The first kappa shape index (κ1) is 9.98. The minimum Gasteiger partial charge on any atom is -0.316 e. The zero-order valence-electron chi connectivity index (χ0n) is 7.67. The van der Waals surface area contributed by atoms with E-state index in [0.717, 1.165) is 30.9 Å². The van der Waals surface area contributed by atoms with E-state index in [1.165, 1.54) is 16.7 Å². The number of alkyl halides is 2. The predicted octanol–water partition coefficient (Wildman–Crippen LogP) is 2.55. The Morgan fingerprint density at radius 2 is 2.43 bits per heavy atom. The van der Waals surface area contributed by atoms with Gasteiger partial charge in [0.05, 0.1) is 5.01 Å². The van der Waals surface area contributed by atoms with E-state index in [2.05, 4.69) is 10.3 Å². The van der Waals surface area contributed by atoms with E-state index >= 15 is 0 Å². The predicted molar refractivity (Wildman–Crippen MR) is 51.9 cm³/mol. The molecule has 1 saturated heterocycles. The highest BCUT2D eigenvalue weighted by atomic mass is 32.1. The van der Waals surface area contributed by atoms with Gasteiger partial charge < -0.3 is 5.32 Å². The van der Waals surface area contributed by atoms with Gasteiger partial charge in [0.15, 0.2) is 0 Å². The zero-order chi connectivity index (χ0) is 9.97. The molecule has 1 N–H and O–H groups in total. The molecule has 0 spiro atoms. The van der Waals surface area contributed by atoms with Gasteiger partial charge in [-0.1, -0.05) is 0 Å². The fourth-order valence-electron chi connectivity index (χ4n) is 1.65. The quantitative estimate of drug-likeness (QED) is 0.825. The van der Waals surface area contributed by atoms with Crippen LogP contribution >= 0.6 is 11.3 Å². The summed E-state index contributed by atoms with van der Waals surface area (Å²) in [7, 11) is 0. The molecule has 1 unspecified atom stereocenters. The number of piperidine rings is 1. The molecule has 2 rings (SSSR count). The van der Waals surface area contributed by atoms with Crippen molar-refractivity contribution in [1.82, 2.24) is 10.3 Å². The number of thiazole rings is 1. The van der Waals surface area contributed by atoms with Crippen molar-refractivity contribution in [2.24, 2.45) is 0 Å². The Morgan fingerprint density at radius 3 is 3.00 bits per heavy atom. The summed E-state index contributed by atoms with van der Waals surface area (Å²) in [6.45, 7) is 1.90. The summed E-state index contributed by atoms with van der Waals surface area (Å²) >= 11 is 1.35. The van der Waals surface area contributed by atoms with Crippen LogP contribution in [0.4, 0.5) is 8.78 Å². The Bertz CT molecular complexity index is 295. The Labute approximate surface area is 85.4 Å². The molecule has 1 aliphatic heterocycles. The van der Waals surface area contributed by atoms with Crippen LogP contribution in [0.1, 0.15) is 35.9 Å². The highest BCUT2D eigenvalue weighted by Crippen LogP contribution is 2.29. The second-order valence-electron chi connectivity index (χ2n) is 3.45. The lowest BCUT2D eigenvalue weighted by molar-refractivity contribution is 0.146. The van der Waals surface area contributed by atoms with Crippen LogP contribution < -0.4 is 5.32 Å². The smallest absolute Gasteiger partial charge is 0.281 e. The average Bonchev–Trinajstić information content (AvgIpc) is 2.68. The van der Waals surface area contributed by atoms with Crippen LogP contribution in [0, 0.1) is 0 Å². The molecule has 14 heavy (non-hydrogen) atoms. The standard InChI is InChI=1S/C9H12F2N2S/c10-8(11)7-5-14-9(13-7)6-2-1-3-12-4-6/h5-6,8,12H,1-4H2.